The number of aryl methyl sites for hydroxylation is 1. The van der Waals surface area contributed by atoms with Gasteiger partial charge in [-0.3, -0.25) is 0 Å². The van der Waals surface area contributed by atoms with Crippen molar-refractivity contribution in [2.24, 2.45) is 4.99 Å². The minimum Gasteiger partial charge on any atom is -0.465 e. The number of para-hydroxylation sites is 2. The fourth-order valence-electron chi connectivity index (χ4n) is 2.31. The number of ether oxygens (including phenoxy) is 1. The molecule has 0 heterocycles. The molecule has 2 nitrogen and oxygen atoms in total. The van der Waals surface area contributed by atoms with Crippen LogP contribution in [0.3, 0.4) is 0 Å². The topological polar surface area (TPSA) is 21.6 Å². The van der Waals surface area contributed by atoms with E-state index in [0.29, 0.717) is 0 Å². The molecule has 0 N–H and O–H groups in total. The van der Waals surface area contributed by atoms with Gasteiger partial charge in [0.2, 0.25) is 0 Å². The van der Waals surface area contributed by atoms with E-state index in [1.165, 1.54) is 5.56 Å². The van der Waals surface area contributed by atoms with Gasteiger partial charge in [0.25, 0.3) is 0 Å². The van der Waals surface area contributed by atoms with Gasteiger partial charge < -0.3 is 4.74 Å². The zero-order chi connectivity index (χ0) is 18.2. The number of thioether (sulfide) groups is 1. The monoisotopic (exact) mass is 359 g/mol. The van der Waals surface area contributed by atoms with Gasteiger partial charge >= 0.3 is 0 Å². The van der Waals surface area contributed by atoms with Gasteiger partial charge in [0, 0.05) is 10.5 Å². The maximum absolute atomic E-state index is 5.79. The molecule has 3 heteroatoms. The van der Waals surface area contributed by atoms with Crippen molar-refractivity contribution in [1.82, 2.24) is 0 Å². The van der Waals surface area contributed by atoms with Gasteiger partial charge in [-0.2, -0.15) is 0 Å². The molecule has 0 spiro atoms. The quantitative estimate of drug-likeness (QED) is 0.216. The summed E-state index contributed by atoms with van der Waals surface area (Å²) >= 11 is 1.64. The molecule has 26 heavy (non-hydrogen) atoms. The molecule has 0 atom stereocenters. The van der Waals surface area contributed by atoms with Crippen molar-refractivity contribution in [3.63, 3.8) is 0 Å². The maximum atomic E-state index is 5.79. The van der Waals surface area contributed by atoms with E-state index in [-0.39, 0.29) is 0 Å². The van der Waals surface area contributed by atoms with Crippen LogP contribution in [0.25, 0.3) is 0 Å². The first-order valence-electron chi connectivity index (χ1n) is 8.48. The van der Waals surface area contributed by atoms with Gasteiger partial charge in [-0.05, 0) is 50.2 Å². The molecule has 3 rings (SSSR count). The molecule has 0 aliphatic heterocycles. The molecular formula is C23H21NOS. The third kappa shape index (κ3) is 5.36. The second-order valence-electron chi connectivity index (χ2n) is 5.90. The van der Waals surface area contributed by atoms with Gasteiger partial charge in [-0.1, -0.05) is 65.9 Å². The van der Waals surface area contributed by atoms with Crippen LogP contribution in [0.5, 0.6) is 5.75 Å². The zero-order valence-corrected chi connectivity index (χ0v) is 15.7. The first kappa shape index (κ1) is 18.0. The SMILES string of the molecule is CC(=COc1ccccc1)C(=Nc1ccccc1)Sc1cccc(C)c1. The van der Waals surface area contributed by atoms with E-state index in [1.807, 2.05) is 67.6 Å². The predicted molar refractivity (Wildman–Crippen MR) is 111 cm³/mol. The molecule has 0 aromatic heterocycles. The molecule has 0 bridgehead atoms. The Morgan fingerprint density at radius 1 is 0.885 bits per heavy atom. The fourth-order valence-corrected chi connectivity index (χ4v) is 3.28. The summed E-state index contributed by atoms with van der Waals surface area (Å²) in [5, 5.41) is 0.915. The Morgan fingerprint density at radius 3 is 2.27 bits per heavy atom. The van der Waals surface area contributed by atoms with Crippen molar-refractivity contribution in [3.05, 3.63) is 102 Å². The minimum atomic E-state index is 0.812. The van der Waals surface area contributed by atoms with Crippen LogP contribution in [-0.2, 0) is 0 Å². The van der Waals surface area contributed by atoms with Gasteiger partial charge in [-0.25, -0.2) is 4.99 Å². The Balaban J connectivity index is 1.88. The highest BCUT2D eigenvalue weighted by atomic mass is 32.2. The van der Waals surface area contributed by atoms with E-state index in [2.05, 4.69) is 31.2 Å². The fraction of sp³-hybridized carbons (Fsp3) is 0.0870. The van der Waals surface area contributed by atoms with Crippen LogP contribution in [0, 0.1) is 6.92 Å². The summed E-state index contributed by atoms with van der Waals surface area (Å²) in [5.74, 6) is 0.812. The average molecular weight is 359 g/mol. The van der Waals surface area contributed by atoms with Crippen molar-refractivity contribution >= 4 is 22.5 Å². The first-order chi connectivity index (χ1) is 12.7. The summed E-state index contributed by atoms with van der Waals surface area (Å²) < 4.78 is 5.79. The van der Waals surface area contributed by atoms with E-state index >= 15 is 0 Å². The standard InChI is InChI=1S/C23H21NOS/c1-18-10-9-15-22(16-18)26-23(24-20-11-5-3-6-12-20)19(2)17-25-21-13-7-4-8-14-21/h3-17H,1-2H3. The predicted octanol–water partition coefficient (Wildman–Crippen LogP) is 6.80. The molecule has 0 radical (unpaired) electrons. The lowest BCUT2D eigenvalue weighted by molar-refractivity contribution is 0.478. The molecule has 0 fully saturated rings. The van der Waals surface area contributed by atoms with Gasteiger partial charge in [0.1, 0.15) is 10.8 Å². The molecule has 0 amide bonds. The molecular weight excluding hydrogens is 338 g/mol. The van der Waals surface area contributed by atoms with Gasteiger partial charge in [-0.15, -0.1) is 0 Å². The second kappa shape index (κ2) is 9.07. The number of rotatable bonds is 5. The normalized spacial score (nSPS) is 12.1. The summed E-state index contributed by atoms with van der Waals surface area (Å²) in [6.45, 7) is 4.12. The van der Waals surface area contributed by atoms with E-state index in [4.69, 9.17) is 9.73 Å². The number of hydrogen-bond acceptors (Lipinski definition) is 3. The highest BCUT2D eigenvalue weighted by molar-refractivity contribution is 8.14. The summed E-state index contributed by atoms with van der Waals surface area (Å²) in [4.78, 5) is 5.99. The lowest BCUT2D eigenvalue weighted by Gasteiger charge is -2.09. The average Bonchev–Trinajstić information content (AvgIpc) is 2.67. The van der Waals surface area contributed by atoms with Crippen LogP contribution in [0.4, 0.5) is 5.69 Å². The largest absolute Gasteiger partial charge is 0.465 e. The summed E-state index contributed by atoms with van der Waals surface area (Å²) in [6.07, 6.45) is 1.76. The number of nitrogens with zero attached hydrogens (tertiary/aromatic N) is 1. The van der Waals surface area contributed by atoms with Crippen LogP contribution >= 0.6 is 11.8 Å². The van der Waals surface area contributed by atoms with Crippen LogP contribution in [0.15, 0.2) is 107 Å². The second-order valence-corrected chi connectivity index (χ2v) is 6.97. The molecule has 0 aliphatic carbocycles. The Bertz CT molecular complexity index is 902. The molecule has 3 aromatic rings. The van der Waals surface area contributed by atoms with Crippen LogP contribution in [0.1, 0.15) is 12.5 Å². The Labute approximate surface area is 159 Å². The van der Waals surface area contributed by atoms with Crippen molar-refractivity contribution < 1.29 is 4.74 Å². The van der Waals surface area contributed by atoms with Crippen molar-refractivity contribution in [2.45, 2.75) is 18.7 Å². The summed E-state index contributed by atoms with van der Waals surface area (Å²) in [5.41, 5.74) is 3.13. The molecule has 0 aliphatic rings. The minimum absolute atomic E-state index is 0.812. The van der Waals surface area contributed by atoms with Crippen molar-refractivity contribution in [1.29, 1.82) is 0 Å². The Morgan fingerprint density at radius 2 is 1.58 bits per heavy atom. The maximum Gasteiger partial charge on any atom is 0.126 e. The van der Waals surface area contributed by atoms with Gasteiger partial charge in [0.05, 0.1) is 11.9 Å². The zero-order valence-electron chi connectivity index (χ0n) is 14.9. The van der Waals surface area contributed by atoms with Crippen molar-refractivity contribution in [2.75, 3.05) is 0 Å². The molecule has 0 saturated carbocycles. The van der Waals surface area contributed by atoms with E-state index in [1.54, 1.807) is 18.0 Å². The Kier molecular flexibility index (Phi) is 6.29. The van der Waals surface area contributed by atoms with Crippen LogP contribution in [0.2, 0.25) is 0 Å². The molecule has 130 valence electrons. The van der Waals surface area contributed by atoms with Crippen LogP contribution < -0.4 is 4.74 Å². The molecule has 3 aromatic carbocycles. The summed E-state index contributed by atoms with van der Waals surface area (Å²) in [7, 11) is 0. The first-order valence-corrected chi connectivity index (χ1v) is 9.29. The lowest BCUT2D eigenvalue weighted by atomic mass is 10.2. The Hall–Kier alpha value is -2.78. The smallest absolute Gasteiger partial charge is 0.126 e. The molecule has 0 saturated heterocycles. The lowest BCUT2D eigenvalue weighted by Crippen LogP contribution is -1.97. The third-order valence-electron chi connectivity index (χ3n) is 3.64. The van der Waals surface area contributed by atoms with E-state index < -0.39 is 0 Å². The summed E-state index contributed by atoms with van der Waals surface area (Å²) in [6, 6.07) is 28.2. The van der Waals surface area contributed by atoms with Crippen molar-refractivity contribution in [3.8, 4) is 5.75 Å². The third-order valence-corrected chi connectivity index (χ3v) is 4.74. The number of aliphatic imine (C=N–C) groups is 1. The van der Waals surface area contributed by atoms with Crippen LogP contribution in [-0.4, -0.2) is 5.04 Å². The van der Waals surface area contributed by atoms with E-state index in [9.17, 15) is 0 Å². The van der Waals surface area contributed by atoms with Gasteiger partial charge in [0.15, 0.2) is 0 Å². The number of hydrogen-bond donors (Lipinski definition) is 0. The highest BCUT2D eigenvalue weighted by Crippen LogP contribution is 2.27. The van der Waals surface area contributed by atoms with E-state index in [0.717, 1.165) is 26.9 Å². The number of benzene rings is 3. The molecule has 0 unspecified atom stereocenters. The highest BCUT2D eigenvalue weighted by Gasteiger charge is 2.07.